The molecule has 1 aliphatic carbocycles. The number of fused-ring (bicyclic) bond motifs is 1. The number of aliphatic imine (C=N–C) groups is 1. The van der Waals surface area contributed by atoms with Gasteiger partial charge in [-0.25, -0.2) is 0 Å². The van der Waals surface area contributed by atoms with Crippen molar-refractivity contribution in [2.75, 3.05) is 7.11 Å². The summed E-state index contributed by atoms with van der Waals surface area (Å²) in [6.07, 6.45) is 1.94. The molecule has 0 aromatic heterocycles. The molecule has 4 rings (SSSR count). The lowest BCUT2D eigenvalue weighted by molar-refractivity contribution is 0.414. The van der Waals surface area contributed by atoms with Crippen LogP contribution in [0.1, 0.15) is 54.0 Å². The minimum Gasteiger partial charge on any atom is -0.497 e. The van der Waals surface area contributed by atoms with E-state index in [4.69, 9.17) is 32.9 Å². The highest BCUT2D eigenvalue weighted by molar-refractivity contribution is 6.42. The lowest BCUT2D eigenvalue weighted by Gasteiger charge is -2.28. The normalized spacial score (nSPS) is 18.3. The number of methoxy groups -OCH3 is 1. The molecule has 4 heteroatoms. The van der Waals surface area contributed by atoms with Crippen molar-refractivity contribution in [2.24, 2.45) is 4.99 Å². The molecule has 2 atom stereocenters. The number of hydrogen-bond donors (Lipinski definition) is 0. The molecule has 0 spiro atoms. The van der Waals surface area contributed by atoms with Gasteiger partial charge >= 0.3 is 0 Å². The highest BCUT2D eigenvalue weighted by Gasteiger charge is 2.26. The largest absolute Gasteiger partial charge is 0.497 e. The Labute approximate surface area is 182 Å². The second-order valence-electron chi connectivity index (χ2n) is 7.38. The second-order valence-corrected chi connectivity index (χ2v) is 8.19. The van der Waals surface area contributed by atoms with Gasteiger partial charge in [0.15, 0.2) is 0 Å². The summed E-state index contributed by atoms with van der Waals surface area (Å²) in [5, 5.41) is 1.20. The van der Waals surface area contributed by atoms with E-state index in [9.17, 15) is 0 Å². The maximum absolute atomic E-state index is 6.28. The van der Waals surface area contributed by atoms with Crippen LogP contribution in [0.2, 0.25) is 10.0 Å². The van der Waals surface area contributed by atoms with Gasteiger partial charge in [0.1, 0.15) is 5.75 Å². The molecule has 3 aromatic rings. The summed E-state index contributed by atoms with van der Waals surface area (Å²) >= 11 is 12.4. The van der Waals surface area contributed by atoms with Crippen molar-refractivity contribution in [3.05, 3.63) is 99.0 Å². The van der Waals surface area contributed by atoms with Crippen LogP contribution >= 0.6 is 23.2 Å². The molecular formula is C25H23Cl2NO. The lowest BCUT2D eigenvalue weighted by Crippen LogP contribution is -2.18. The number of benzene rings is 3. The topological polar surface area (TPSA) is 21.6 Å². The van der Waals surface area contributed by atoms with Crippen LogP contribution in [0, 0.1) is 0 Å². The summed E-state index contributed by atoms with van der Waals surface area (Å²) in [4.78, 5) is 5.09. The molecule has 29 heavy (non-hydrogen) atoms. The molecule has 0 amide bonds. The van der Waals surface area contributed by atoms with E-state index in [0.29, 0.717) is 16.0 Å². The first-order chi connectivity index (χ1) is 14.1. The van der Waals surface area contributed by atoms with Crippen LogP contribution in [0.25, 0.3) is 0 Å². The maximum Gasteiger partial charge on any atom is 0.118 e. The first kappa shape index (κ1) is 20.0. The van der Waals surface area contributed by atoms with Crippen molar-refractivity contribution in [1.29, 1.82) is 0 Å². The van der Waals surface area contributed by atoms with E-state index in [-0.39, 0.29) is 6.04 Å². The van der Waals surface area contributed by atoms with E-state index in [1.807, 2.05) is 24.3 Å². The SMILES string of the molecule is COc1ccc([C@@H](C)/N=C2\CC[C@@H](c3ccc(Cl)c(Cl)c3)c3ccccc32)cc1. The zero-order valence-corrected chi connectivity index (χ0v) is 18.0. The quantitative estimate of drug-likeness (QED) is 0.426. The Bertz CT molecular complexity index is 1040. The minimum absolute atomic E-state index is 0.0884. The summed E-state index contributed by atoms with van der Waals surface area (Å²) in [7, 11) is 1.68. The fourth-order valence-corrected chi connectivity index (χ4v) is 4.34. The highest BCUT2D eigenvalue weighted by Crippen LogP contribution is 2.39. The summed E-state index contributed by atoms with van der Waals surface area (Å²) in [5.41, 5.74) is 6.09. The Balaban J connectivity index is 1.67. The van der Waals surface area contributed by atoms with Gasteiger partial charge in [-0.2, -0.15) is 0 Å². The van der Waals surface area contributed by atoms with Crippen molar-refractivity contribution in [2.45, 2.75) is 31.7 Å². The molecule has 0 saturated heterocycles. The van der Waals surface area contributed by atoms with Crippen molar-refractivity contribution in [3.8, 4) is 5.75 Å². The first-order valence-corrected chi connectivity index (χ1v) is 10.6. The summed E-state index contributed by atoms with van der Waals surface area (Å²) in [5.74, 6) is 1.16. The van der Waals surface area contributed by atoms with Gasteiger partial charge in [-0.05, 0) is 66.3 Å². The van der Waals surface area contributed by atoms with E-state index in [1.165, 1.54) is 28.0 Å². The molecule has 0 unspecified atom stereocenters. The third-order valence-corrected chi connectivity index (χ3v) is 6.35. The van der Waals surface area contributed by atoms with Gasteiger partial charge in [0.2, 0.25) is 0 Å². The van der Waals surface area contributed by atoms with Gasteiger partial charge in [-0.15, -0.1) is 0 Å². The van der Waals surface area contributed by atoms with Gasteiger partial charge in [0, 0.05) is 11.6 Å². The molecular weight excluding hydrogens is 401 g/mol. The smallest absolute Gasteiger partial charge is 0.118 e. The Morgan fingerprint density at radius 2 is 1.72 bits per heavy atom. The molecule has 0 heterocycles. The molecule has 0 saturated carbocycles. The van der Waals surface area contributed by atoms with E-state index in [1.54, 1.807) is 7.11 Å². The predicted octanol–water partition coefficient (Wildman–Crippen LogP) is 7.48. The van der Waals surface area contributed by atoms with Crippen LogP contribution in [0.5, 0.6) is 5.75 Å². The zero-order chi connectivity index (χ0) is 20.4. The van der Waals surface area contributed by atoms with E-state index in [2.05, 4.69) is 49.4 Å². The molecule has 2 nitrogen and oxygen atoms in total. The summed E-state index contributed by atoms with van der Waals surface area (Å²) in [6.45, 7) is 2.14. The van der Waals surface area contributed by atoms with Gasteiger partial charge < -0.3 is 4.74 Å². The van der Waals surface area contributed by atoms with E-state index in [0.717, 1.165) is 18.6 Å². The lowest BCUT2D eigenvalue weighted by atomic mass is 9.78. The first-order valence-electron chi connectivity index (χ1n) is 9.81. The molecule has 0 bridgehead atoms. The standard InChI is InChI=1S/C25H23Cl2NO/c1-16(17-7-10-19(29-2)11-8-17)28-25-14-12-20(21-5-3-4-6-22(21)25)18-9-13-23(26)24(27)15-18/h3-11,13,15-16,20H,12,14H2,1-2H3/b28-25+/t16-,20+/m1/s1. The van der Waals surface area contributed by atoms with Gasteiger partial charge in [0.05, 0.1) is 23.2 Å². The Morgan fingerprint density at radius 3 is 2.45 bits per heavy atom. The van der Waals surface area contributed by atoms with Crippen LogP contribution < -0.4 is 4.74 Å². The third-order valence-electron chi connectivity index (χ3n) is 5.61. The Hall–Kier alpha value is -2.29. The molecule has 0 fully saturated rings. The van der Waals surface area contributed by atoms with Crippen LogP contribution in [0.4, 0.5) is 0 Å². The zero-order valence-electron chi connectivity index (χ0n) is 16.5. The molecule has 1 aliphatic rings. The van der Waals surface area contributed by atoms with Crippen LogP contribution in [0.15, 0.2) is 71.7 Å². The summed E-state index contributed by atoms with van der Waals surface area (Å²) in [6, 6.07) is 22.8. The van der Waals surface area contributed by atoms with Crippen LogP contribution in [-0.2, 0) is 0 Å². The van der Waals surface area contributed by atoms with E-state index < -0.39 is 0 Å². The van der Waals surface area contributed by atoms with Crippen LogP contribution in [0.3, 0.4) is 0 Å². The van der Waals surface area contributed by atoms with Gasteiger partial charge in [0.25, 0.3) is 0 Å². The monoisotopic (exact) mass is 423 g/mol. The number of ether oxygens (including phenoxy) is 1. The predicted molar refractivity (Wildman–Crippen MR) is 122 cm³/mol. The molecule has 0 radical (unpaired) electrons. The average molecular weight is 424 g/mol. The van der Waals surface area contributed by atoms with Crippen LogP contribution in [-0.4, -0.2) is 12.8 Å². The molecule has 0 N–H and O–H groups in total. The molecule has 148 valence electrons. The third kappa shape index (κ3) is 4.19. The van der Waals surface area contributed by atoms with Crippen molar-refractivity contribution in [3.63, 3.8) is 0 Å². The van der Waals surface area contributed by atoms with Crippen molar-refractivity contribution < 1.29 is 4.74 Å². The minimum atomic E-state index is 0.0884. The number of nitrogens with zero attached hydrogens (tertiary/aromatic N) is 1. The molecule has 0 aliphatic heterocycles. The van der Waals surface area contributed by atoms with Crippen molar-refractivity contribution in [1.82, 2.24) is 0 Å². The number of hydrogen-bond acceptors (Lipinski definition) is 2. The van der Waals surface area contributed by atoms with Gasteiger partial charge in [-0.3, -0.25) is 4.99 Å². The number of rotatable bonds is 4. The number of halogens is 2. The Kier molecular flexibility index (Phi) is 5.94. The molecule has 3 aromatic carbocycles. The average Bonchev–Trinajstić information content (AvgIpc) is 2.76. The highest BCUT2D eigenvalue weighted by atomic mass is 35.5. The maximum atomic E-state index is 6.28. The summed E-state index contributed by atoms with van der Waals surface area (Å²) < 4.78 is 5.26. The fourth-order valence-electron chi connectivity index (χ4n) is 4.04. The van der Waals surface area contributed by atoms with Crippen molar-refractivity contribution >= 4 is 28.9 Å². The van der Waals surface area contributed by atoms with E-state index >= 15 is 0 Å². The fraction of sp³-hybridized carbons (Fsp3) is 0.240. The second kappa shape index (κ2) is 8.61. The Morgan fingerprint density at radius 1 is 0.966 bits per heavy atom. The van der Waals surface area contributed by atoms with Gasteiger partial charge in [-0.1, -0.05) is 65.7 Å².